The Bertz CT molecular complexity index is 759. The third-order valence-corrected chi connectivity index (χ3v) is 4.81. The first-order valence-electron chi connectivity index (χ1n) is 6.43. The van der Waals surface area contributed by atoms with Gasteiger partial charge in [0.25, 0.3) is 0 Å². The van der Waals surface area contributed by atoms with Crippen LogP contribution in [0.3, 0.4) is 0 Å². The van der Waals surface area contributed by atoms with E-state index >= 15 is 0 Å². The summed E-state index contributed by atoms with van der Waals surface area (Å²) < 4.78 is 26.1. The lowest BCUT2D eigenvalue weighted by molar-refractivity contribution is 0.587. The standard InChI is InChI=1S/C14H16N4O2S/c1-18-13(5-6-17-18)11-16-7-8-21(19,20)14-4-2-3-12(9-14)10-15/h2-6,9,16H,7-8,11H2,1H3. The van der Waals surface area contributed by atoms with Crippen LogP contribution in [0.15, 0.2) is 41.4 Å². The van der Waals surface area contributed by atoms with Gasteiger partial charge in [-0.15, -0.1) is 0 Å². The molecule has 0 saturated carbocycles. The maximum absolute atomic E-state index is 12.2. The zero-order valence-corrected chi connectivity index (χ0v) is 12.5. The van der Waals surface area contributed by atoms with Gasteiger partial charge in [-0.05, 0) is 24.3 Å². The first-order chi connectivity index (χ1) is 10.0. The summed E-state index contributed by atoms with van der Waals surface area (Å²) in [6, 6.07) is 9.89. The van der Waals surface area contributed by atoms with Crippen molar-refractivity contribution in [1.29, 1.82) is 5.26 Å². The molecule has 0 aliphatic heterocycles. The molecule has 0 amide bonds. The van der Waals surface area contributed by atoms with Gasteiger partial charge >= 0.3 is 0 Å². The van der Waals surface area contributed by atoms with Crippen molar-refractivity contribution in [1.82, 2.24) is 15.1 Å². The molecule has 0 aliphatic carbocycles. The first kappa shape index (κ1) is 15.2. The van der Waals surface area contributed by atoms with Crippen molar-refractivity contribution in [2.75, 3.05) is 12.3 Å². The number of nitriles is 1. The molecule has 21 heavy (non-hydrogen) atoms. The predicted molar refractivity (Wildman–Crippen MR) is 78.1 cm³/mol. The summed E-state index contributed by atoms with van der Waals surface area (Å²) in [5, 5.41) is 15.9. The van der Waals surface area contributed by atoms with E-state index in [2.05, 4.69) is 10.4 Å². The Morgan fingerprint density at radius 1 is 1.38 bits per heavy atom. The molecular weight excluding hydrogens is 288 g/mol. The summed E-state index contributed by atoms with van der Waals surface area (Å²) in [5.41, 5.74) is 1.33. The SMILES string of the molecule is Cn1nccc1CNCCS(=O)(=O)c1cccc(C#N)c1. The fraction of sp³-hybridized carbons (Fsp3) is 0.286. The Labute approximate surface area is 123 Å². The molecular formula is C14H16N4O2S. The van der Waals surface area contributed by atoms with Gasteiger partial charge in [-0.25, -0.2) is 8.42 Å². The van der Waals surface area contributed by atoms with Crippen molar-refractivity contribution in [3.63, 3.8) is 0 Å². The molecule has 2 aromatic rings. The topological polar surface area (TPSA) is 87.8 Å². The van der Waals surface area contributed by atoms with E-state index in [0.717, 1.165) is 5.69 Å². The number of hydrogen-bond donors (Lipinski definition) is 1. The Balaban J connectivity index is 1.92. The van der Waals surface area contributed by atoms with Gasteiger partial charge in [0.1, 0.15) is 0 Å². The van der Waals surface area contributed by atoms with E-state index < -0.39 is 9.84 Å². The van der Waals surface area contributed by atoms with Crippen molar-refractivity contribution in [3.8, 4) is 6.07 Å². The molecule has 1 aromatic carbocycles. The normalized spacial score (nSPS) is 11.2. The molecule has 6 nitrogen and oxygen atoms in total. The molecule has 0 saturated heterocycles. The van der Waals surface area contributed by atoms with Crippen LogP contribution in [0.1, 0.15) is 11.3 Å². The van der Waals surface area contributed by atoms with Crippen molar-refractivity contribution >= 4 is 9.84 Å². The first-order valence-corrected chi connectivity index (χ1v) is 8.09. The summed E-state index contributed by atoms with van der Waals surface area (Å²) in [6.07, 6.45) is 1.70. The van der Waals surface area contributed by atoms with E-state index in [9.17, 15) is 8.42 Å². The van der Waals surface area contributed by atoms with Crippen molar-refractivity contribution in [3.05, 3.63) is 47.8 Å². The fourth-order valence-corrected chi connectivity index (χ4v) is 3.12. The number of nitrogens with zero attached hydrogens (tertiary/aromatic N) is 3. The van der Waals surface area contributed by atoms with Crippen molar-refractivity contribution in [2.24, 2.45) is 7.05 Å². The minimum Gasteiger partial charge on any atom is -0.310 e. The van der Waals surface area contributed by atoms with Crippen LogP contribution in [-0.2, 0) is 23.4 Å². The Morgan fingerprint density at radius 2 is 2.19 bits per heavy atom. The highest BCUT2D eigenvalue weighted by atomic mass is 32.2. The van der Waals surface area contributed by atoms with Gasteiger partial charge in [0.2, 0.25) is 0 Å². The largest absolute Gasteiger partial charge is 0.310 e. The Morgan fingerprint density at radius 3 is 2.86 bits per heavy atom. The van der Waals surface area contributed by atoms with Crippen LogP contribution in [0.2, 0.25) is 0 Å². The molecule has 0 aliphatic rings. The van der Waals surface area contributed by atoms with Crippen LogP contribution >= 0.6 is 0 Å². The third kappa shape index (κ3) is 3.90. The molecule has 0 spiro atoms. The van der Waals surface area contributed by atoms with E-state index in [0.29, 0.717) is 18.7 Å². The predicted octanol–water partition coefficient (Wildman–Crippen LogP) is 0.855. The van der Waals surface area contributed by atoms with E-state index in [1.807, 2.05) is 19.2 Å². The van der Waals surface area contributed by atoms with Crippen LogP contribution in [0, 0.1) is 11.3 Å². The Hall–Kier alpha value is -2.17. The summed E-state index contributed by atoms with van der Waals surface area (Å²) in [5.74, 6) is -0.0142. The van der Waals surface area contributed by atoms with E-state index in [-0.39, 0.29) is 10.6 Å². The lowest BCUT2D eigenvalue weighted by Crippen LogP contribution is -2.23. The second-order valence-electron chi connectivity index (χ2n) is 4.58. The number of aromatic nitrogens is 2. The molecule has 110 valence electrons. The molecule has 1 heterocycles. The summed E-state index contributed by atoms with van der Waals surface area (Å²) in [4.78, 5) is 0.184. The Kier molecular flexibility index (Phi) is 4.73. The number of hydrogen-bond acceptors (Lipinski definition) is 5. The maximum Gasteiger partial charge on any atom is 0.179 e. The highest BCUT2D eigenvalue weighted by Gasteiger charge is 2.14. The van der Waals surface area contributed by atoms with Gasteiger partial charge in [0, 0.05) is 26.3 Å². The highest BCUT2D eigenvalue weighted by molar-refractivity contribution is 7.91. The molecule has 1 N–H and O–H groups in total. The average Bonchev–Trinajstić information content (AvgIpc) is 2.89. The maximum atomic E-state index is 12.2. The minimum absolute atomic E-state index is 0.0142. The van der Waals surface area contributed by atoms with Crippen LogP contribution < -0.4 is 5.32 Å². The molecule has 0 unspecified atom stereocenters. The molecule has 0 atom stereocenters. The molecule has 1 aromatic heterocycles. The molecule has 0 fully saturated rings. The van der Waals surface area contributed by atoms with Crippen molar-refractivity contribution in [2.45, 2.75) is 11.4 Å². The quantitative estimate of drug-likeness (QED) is 0.800. The number of aryl methyl sites for hydroxylation is 1. The number of benzene rings is 1. The van der Waals surface area contributed by atoms with E-state index in [4.69, 9.17) is 5.26 Å². The molecule has 7 heteroatoms. The lowest BCUT2D eigenvalue weighted by Gasteiger charge is -2.07. The summed E-state index contributed by atoms with van der Waals surface area (Å²) in [7, 11) is -1.55. The highest BCUT2D eigenvalue weighted by Crippen LogP contribution is 2.12. The van der Waals surface area contributed by atoms with E-state index in [1.165, 1.54) is 12.1 Å². The average molecular weight is 304 g/mol. The van der Waals surface area contributed by atoms with Crippen molar-refractivity contribution < 1.29 is 8.42 Å². The second-order valence-corrected chi connectivity index (χ2v) is 6.69. The van der Waals surface area contributed by atoms with Crippen LogP contribution in [-0.4, -0.2) is 30.5 Å². The molecule has 0 bridgehead atoms. The molecule has 2 rings (SSSR count). The van der Waals surface area contributed by atoms with Crippen LogP contribution in [0.4, 0.5) is 0 Å². The van der Waals surface area contributed by atoms with Crippen LogP contribution in [0.5, 0.6) is 0 Å². The zero-order chi connectivity index (χ0) is 15.3. The fourth-order valence-electron chi connectivity index (χ4n) is 1.87. The summed E-state index contributed by atoms with van der Waals surface area (Å²) >= 11 is 0. The smallest absolute Gasteiger partial charge is 0.179 e. The minimum atomic E-state index is -3.38. The molecule has 0 radical (unpaired) electrons. The summed E-state index contributed by atoms with van der Waals surface area (Å²) in [6.45, 7) is 0.897. The van der Waals surface area contributed by atoms with Gasteiger partial charge in [0.15, 0.2) is 9.84 Å². The number of rotatable bonds is 6. The third-order valence-electron chi connectivity index (χ3n) is 3.10. The van der Waals surface area contributed by atoms with Gasteiger partial charge in [-0.2, -0.15) is 10.4 Å². The monoisotopic (exact) mass is 304 g/mol. The van der Waals surface area contributed by atoms with Crippen LogP contribution in [0.25, 0.3) is 0 Å². The van der Waals surface area contributed by atoms with Gasteiger partial charge < -0.3 is 5.32 Å². The van der Waals surface area contributed by atoms with E-state index in [1.54, 1.807) is 23.0 Å². The van der Waals surface area contributed by atoms with Gasteiger partial charge in [0.05, 0.1) is 28.0 Å². The number of nitrogens with one attached hydrogen (secondary N) is 1. The number of sulfone groups is 1. The zero-order valence-electron chi connectivity index (χ0n) is 11.7. The lowest BCUT2D eigenvalue weighted by atomic mass is 10.2. The van der Waals surface area contributed by atoms with Gasteiger partial charge in [-0.1, -0.05) is 6.07 Å². The van der Waals surface area contributed by atoms with Gasteiger partial charge in [-0.3, -0.25) is 4.68 Å². The second kappa shape index (κ2) is 6.52.